The number of fused-ring (bicyclic) bond motifs is 3. The van der Waals surface area contributed by atoms with Crippen LogP contribution < -0.4 is 10.6 Å². The topological polar surface area (TPSA) is 105 Å². The number of rotatable bonds is 12. The normalized spacial score (nSPS) is 13.8. The molecule has 34 heavy (non-hydrogen) atoms. The number of carboxylic acids is 1. The SMILES string of the molecule is C=CCCC(NC(=O)CC(CC)CNC(=O)OCC1c2ccccc2-c2ccccc21)C(=O)O. The molecule has 0 saturated heterocycles. The number of amides is 2. The molecule has 7 heteroatoms. The Morgan fingerprint density at radius 1 is 1.09 bits per heavy atom. The fourth-order valence-corrected chi connectivity index (χ4v) is 4.30. The van der Waals surface area contributed by atoms with E-state index in [0.717, 1.165) is 22.3 Å². The zero-order valence-corrected chi connectivity index (χ0v) is 19.5. The number of hydrogen-bond acceptors (Lipinski definition) is 4. The number of ether oxygens (including phenoxy) is 1. The van der Waals surface area contributed by atoms with Crippen LogP contribution in [0, 0.1) is 5.92 Å². The van der Waals surface area contributed by atoms with Crippen molar-refractivity contribution in [1.29, 1.82) is 0 Å². The third-order valence-corrected chi connectivity index (χ3v) is 6.22. The smallest absolute Gasteiger partial charge is 0.407 e. The van der Waals surface area contributed by atoms with Crippen molar-refractivity contribution in [3.63, 3.8) is 0 Å². The number of aliphatic carboxylic acids is 1. The number of carbonyl (C=O) groups is 3. The summed E-state index contributed by atoms with van der Waals surface area (Å²) in [6.07, 6.45) is 2.65. The molecule has 3 rings (SSSR count). The van der Waals surface area contributed by atoms with Gasteiger partial charge in [0.1, 0.15) is 12.6 Å². The summed E-state index contributed by atoms with van der Waals surface area (Å²) in [7, 11) is 0. The second-order valence-corrected chi connectivity index (χ2v) is 8.51. The molecule has 1 aliphatic carbocycles. The molecule has 2 aromatic carbocycles. The molecule has 1 aliphatic rings. The zero-order valence-electron chi connectivity index (χ0n) is 19.5. The Bertz CT molecular complexity index is 990. The van der Waals surface area contributed by atoms with Crippen molar-refractivity contribution >= 4 is 18.0 Å². The summed E-state index contributed by atoms with van der Waals surface area (Å²) < 4.78 is 5.54. The van der Waals surface area contributed by atoms with E-state index in [1.807, 2.05) is 31.2 Å². The first kappa shape index (κ1) is 25.0. The molecular formula is C27H32N2O5. The summed E-state index contributed by atoms with van der Waals surface area (Å²) in [6.45, 7) is 5.99. The van der Waals surface area contributed by atoms with E-state index in [1.54, 1.807) is 6.08 Å². The fraction of sp³-hybridized carbons (Fsp3) is 0.370. The van der Waals surface area contributed by atoms with E-state index in [-0.39, 0.29) is 37.3 Å². The Hall–Kier alpha value is -3.61. The van der Waals surface area contributed by atoms with Gasteiger partial charge in [-0.15, -0.1) is 6.58 Å². The highest BCUT2D eigenvalue weighted by molar-refractivity contribution is 5.83. The number of nitrogens with one attached hydrogen (secondary N) is 2. The Morgan fingerprint density at radius 3 is 2.26 bits per heavy atom. The maximum absolute atomic E-state index is 12.4. The van der Waals surface area contributed by atoms with Crippen molar-refractivity contribution in [2.24, 2.45) is 5.92 Å². The molecule has 180 valence electrons. The lowest BCUT2D eigenvalue weighted by Crippen LogP contribution is -2.42. The second kappa shape index (κ2) is 12.0. The predicted octanol–water partition coefficient (Wildman–Crippen LogP) is 4.48. The maximum Gasteiger partial charge on any atom is 0.407 e. The van der Waals surface area contributed by atoms with Crippen molar-refractivity contribution in [1.82, 2.24) is 10.6 Å². The molecule has 0 aliphatic heterocycles. The number of alkyl carbamates (subject to hydrolysis) is 1. The van der Waals surface area contributed by atoms with Crippen molar-refractivity contribution < 1.29 is 24.2 Å². The van der Waals surface area contributed by atoms with Crippen molar-refractivity contribution in [3.05, 3.63) is 72.3 Å². The Labute approximate surface area is 200 Å². The van der Waals surface area contributed by atoms with E-state index >= 15 is 0 Å². The Morgan fingerprint density at radius 2 is 1.71 bits per heavy atom. The Balaban J connectivity index is 1.49. The molecule has 0 aromatic heterocycles. The molecule has 3 N–H and O–H groups in total. The van der Waals surface area contributed by atoms with Crippen LogP contribution >= 0.6 is 0 Å². The number of carboxylic acid groups (broad SMARTS) is 1. The fourth-order valence-electron chi connectivity index (χ4n) is 4.30. The maximum atomic E-state index is 12.4. The molecule has 0 saturated carbocycles. The van der Waals surface area contributed by atoms with Crippen LogP contribution in [0.2, 0.25) is 0 Å². The Kier molecular flexibility index (Phi) is 8.85. The van der Waals surface area contributed by atoms with Crippen LogP contribution in [0.25, 0.3) is 11.1 Å². The van der Waals surface area contributed by atoms with Gasteiger partial charge in [0.05, 0.1) is 0 Å². The molecule has 0 bridgehead atoms. The standard InChI is InChI=1S/C27H32N2O5/c1-3-5-14-24(26(31)32)29-25(30)15-18(4-2)16-28-27(33)34-17-23-21-12-8-6-10-19(21)20-11-7-9-13-22(20)23/h3,6-13,18,23-24H,1,4-5,14-17H2,2H3,(H,28,33)(H,29,30)(H,31,32). The first-order valence-electron chi connectivity index (χ1n) is 11.7. The summed E-state index contributed by atoms with van der Waals surface area (Å²) >= 11 is 0. The van der Waals surface area contributed by atoms with E-state index in [2.05, 4.69) is 41.5 Å². The minimum atomic E-state index is -1.07. The van der Waals surface area contributed by atoms with E-state index < -0.39 is 18.1 Å². The number of carbonyl (C=O) groups excluding carboxylic acids is 2. The van der Waals surface area contributed by atoms with Crippen LogP contribution in [0.1, 0.15) is 49.7 Å². The molecule has 2 unspecified atom stereocenters. The molecular weight excluding hydrogens is 432 g/mol. The minimum Gasteiger partial charge on any atom is -0.480 e. The van der Waals surface area contributed by atoms with Crippen LogP contribution in [0.15, 0.2) is 61.2 Å². The number of hydrogen-bond donors (Lipinski definition) is 3. The van der Waals surface area contributed by atoms with Gasteiger partial charge in [0, 0.05) is 18.9 Å². The van der Waals surface area contributed by atoms with Gasteiger partial charge in [0.2, 0.25) is 5.91 Å². The lowest BCUT2D eigenvalue weighted by molar-refractivity contribution is -0.142. The lowest BCUT2D eigenvalue weighted by Gasteiger charge is -2.19. The van der Waals surface area contributed by atoms with Crippen LogP contribution in [0.5, 0.6) is 0 Å². The van der Waals surface area contributed by atoms with Crippen LogP contribution in [0.3, 0.4) is 0 Å². The monoisotopic (exact) mass is 464 g/mol. The molecule has 2 atom stereocenters. The van der Waals surface area contributed by atoms with Crippen molar-refractivity contribution in [2.45, 2.75) is 44.6 Å². The predicted molar refractivity (Wildman–Crippen MR) is 130 cm³/mol. The second-order valence-electron chi connectivity index (χ2n) is 8.51. The highest BCUT2D eigenvalue weighted by Gasteiger charge is 2.29. The first-order valence-corrected chi connectivity index (χ1v) is 11.7. The average molecular weight is 465 g/mol. The summed E-state index contributed by atoms with van der Waals surface area (Å²) in [6, 6.07) is 15.3. The third-order valence-electron chi connectivity index (χ3n) is 6.22. The van der Waals surface area contributed by atoms with Gasteiger partial charge in [0.15, 0.2) is 0 Å². The van der Waals surface area contributed by atoms with E-state index in [0.29, 0.717) is 19.3 Å². The quantitative estimate of drug-likeness (QED) is 0.402. The van der Waals surface area contributed by atoms with Gasteiger partial charge in [-0.1, -0.05) is 68.0 Å². The molecule has 2 aromatic rings. The van der Waals surface area contributed by atoms with Gasteiger partial charge in [-0.25, -0.2) is 9.59 Å². The molecule has 0 radical (unpaired) electrons. The number of benzene rings is 2. The lowest BCUT2D eigenvalue weighted by atomic mass is 9.98. The highest BCUT2D eigenvalue weighted by atomic mass is 16.5. The van der Waals surface area contributed by atoms with E-state index in [1.165, 1.54) is 0 Å². The van der Waals surface area contributed by atoms with Crippen molar-refractivity contribution in [2.75, 3.05) is 13.2 Å². The molecule has 7 nitrogen and oxygen atoms in total. The van der Waals surface area contributed by atoms with Crippen LogP contribution in [-0.2, 0) is 14.3 Å². The summed E-state index contributed by atoms with van der Waals surface area (Å²) in [5, 5.41) is 14.6. The molecule has 0 fully saturated rings. The summed E-state index contributed by atoms with van der Waals surface area (Å²) in [5.41, 5.74) is 4.61. The summed E-state index contributed by atoms with van der Waals surface area (Å²) in [4.78, 5) is 36.0. The molecule has 2 amide bonds. The minimum absolute atomic E-state index is 0.0191. The van der Waals surface area contributed by atoms with Crippen molar-refractivity contribution in [3.8, 4) is 11.1 Å². The van der Waals surface area contributed by atoms with E-state index in [4.69, 9.17) is 4.74 Å². The largest absolute Gasteiger partial charge is 0.480 e. The summed E-state index contributed by atoms with van der Waals surface area (Å²) in [5.74, 6) is -1.57. The third kappa shape index (κ3) is 6.25. The molecule has 0 spiro atoms. The van der Waals surface area contributed by atoms with E-state index in [9.17, 15) is 19.5 Å². The number of allylic oxidation sites excluding steroid dienone is 1. The molecule has 0 heterocycles. The van der Waals surface area contributed by atoms with Gasteiger partial charge in [-0.2, -0.15) is 0 Å². The van der Waals surface area contributed by atoms with Gasteiger partial charge >= 0.3 is 12.1 Å². The van der Waals surface area contributed by atoms with Gasteiger partial charge in [-0.05, 0) is 41.0 Å². The van der Waals surface area contributed by atoms with Gasteiger partial charge in [-0.3, -0.25) is 4.79 Å². The van der Waals surface area contributed by atoms with Crippen LogP contribution in [-0.4, -0.2) is 42.3 Å². The van der Waals surface area contributed by atoms with Gasteiger partial charge in [0.25, 0.3) is 0 Å². The first-order chi connectivity index (χ1) is 16.4. The van der Waals surface area contributed by atoms with Gasteiger partial charge < -0.3 is 20.5 Å². The zero-order chi connectivity index (χ0) is 24.5. The average Bonchev–Trinajstić information content (AvgIpc) is 3.16. The van der Waals surface area contributed by atoms with Crippen LogP contribution in [0.4, 0.5) is 4.79 Å². The highest BCUT2D eigenvalue weighted by Crippen LogP contribution is 2.44.